The van der Waals surface area contributed by atoms with Crippen LogP contribution in [0, 0.1) is 13.8 Å². The van der Waals surface area contributed by atoms with Crippen LogP contribution < -0.4 is 0 Å². The minimum atomic E-state index is -0.0353. The summed E-state index contributed by atoms with van der Waals surface area (Å²) in [4.78, 5) is 11.3. The second-order valence-electron chi connectivity index (χ2n) is 2.68. The Bertz CT molecular complexity index is 286. The van der Waals surface area contributed by atoms with Gasteiger partial charge < -0.3 is 9.15 Å². The molecule has 0 aliphatic carbocycles. The molecule has 0 unspecified atom stereocenters. The van der Waals surface area contributed by atoms with Crippen LogP contribution in [0.4, 0.5) is 0 Å². The van der Waals surface area contributed by atoms with Crippen LogP contribution in [-0.2, 0) is 4.74 Å². The third-order valence-electron chi connectivity index (χ3n) is 1.62. The maximum Gasteiger partial charge on any atom is 0.191 e. The van der Waals surface area contributed by atoms with E-state index in [-0.39, 0.29) is 12.4 Å². The molecule has 0 aliphatic rings. The zero-order valence-corrected chi connectivity index (χ0v) is 7.51. The monoisotopic (exact) mass is 168 g/mol. The van der Waals surface area contributed by atoms with Gasteiger partial charge in [-0.2, -0.15) is 0 Å². The summed E-state index contributed by atoms with van der Waals surface area (Å²) < 4.78 is 9.94. The zero-order valence-electron chi connectivity index (χ0n) is 7.51. The predicted octanol–water partition coefficient (Wildman–Crippen LogP) is 1.73. The largest absolute Gasteiger partial charge is 0.466 e. The second-order valence-corrected chi connectivity index (χ2v) is 2.68. The van der Waals surface area contributed by atoms with E-state index < -0.39 is 0 Å². The first-order chi connectivity index (χ1) is 5.65. The van der Waals surface area contributed by atoms with Crippen molar-refractivity contribution < 1.29 is 13.9 Å². The summed E-state index contributed by atoms with van der Waals surface area (Å²) in [5.74, 6) is 1.38. The van der Waals surface area contributed by atoms with E-state index >= 15 is 0 Å². The molecule has 12 heavy (non-hydrogen) atoms. The highest BCUT2D eigenvalue weighted by Gasteiger charge is 2.12. The number of methoxy groups -OCH3 is 1. The fraction of sp³-hybridized carbons (Fsp3) is 0.444. The van der Waals surface area contributed by atoms with Crippen molar-refractivity contribution in [2.75, 3.05) is 13.7 Å². The fourth-order valence-corrected chi connectivity index (χ4v) is 1.12. The molecule has 0 saturated carbocycles. The number of hydrogen-bond donors (Lipinski definition) is 0. The van der Waals surface area contributed by atoms with Gasteiger partial charge in [-0.1, -0.05) is 0 Å². The van der Waals surface area contributed by atoms with E-state index in [1.165, 1.54) is 7.11 Å². The molecular formula is C9H12O3. The molecule has 0 aromatic carbocycles. The summed E-state index contributed by atoms with van der Waals surface area (Å²) >= 11 is 0. The lowest BCUT2D eigenvalue weighted by atomic mass is 10.2. The van der Waals surface area contributed by atoms with Gasteiger partial charge in [0.1, 0.15) is 18.1 Å². The number of carbonyl (C=O) groups is 1. The molecule has 1 aromatic heterocycles. The van der Waals surface area contributed by atoms with Crippen LogP contribution in [0.1, 0.15) is 21.9 Å². The van der Waals surface area contributed by atoms with Crippen molar-refractivity contribution in [2.24, 2.45) is 0 Å². The van der Waals surface area contributed by atoms with Crippen LogP contribution in [0.25, 0.3) is 0 Å². The van der Waals surface area contributed by atoms with Crippen LogP contribution in [0.15, 0.2) is 10.5 Å². The van der Waals surface area contributed by atoms with E-state index in [4.69, 9.17) is 9.15 Å². The minimum absolute atomic E-state index is 0.0353. The molecule has 1 aromatic rings. The molecular weight excluding hydrogens is 156 g/mol. The van der Waals surface area contributed by atoms with Crippen molar-refractivity contribution in [1.82, 2.24) is 0 Å². The lowest BCUT2D eigenvalue weighted by Crippen LogP contribution is -2.06. The van der Waals surface area contributed by atoms with Gasteiger partial charge in [-0.3, -0.25) is 4.79 Å². The van der Waals surface area contributed by atoms with Crippen molar-refractivity contribution >= 4 is 5.78 Å². The number of carbonyl (C=O) groups excluding carboxylic acids is 1. The quantitative estimate of drug-likeness (QED) is 0.645. The highest BCUT2D eigenvalue weighted by atomic mass is 16.5. The summed E-state index contributed by atoms with van der Waals surface area (Å²) in [5.41, 5.74) is 0.620. The van der Waals surface area contributed by atoms with Crippen LogP contribution in [0.3, 0.4) is 0 Å². The first kappa shape index (κ1) is 9.00. The van der Waals surface area contributed by atoms with Gasteiger partial charge in [-0.15, -0.1) is 0 Å². The van der Waals surface area contributed by atoms with Crippen molar-refractivity contribution in [1.29, 1.82) is 0 Å². The van der Waals surface area contributed by atoms with Crippen LogP contribution in [0.2, 0.25) is 0 Å². The lowest BCUT2D eigenvalue weighted by Gasteiger charge is -1.95. The van der Waals surface area contributed by atoms with Gasteiger partial charge in [0.15, 0.2) is 5.78 Å². The Hall–Kier alpha value is -1.09. The average molecular weight is 168 g/mol. The molecule has 0 aliphatic heterocycles. The Morgan fingerprint density at radius 1 is 1.58 bits per heavy atom. The van der Waals surface area contributed by atoms with Crippen molar-refractivity contribution in [3.63, 3.8) is 0 Å². The molecule has 66 valence electrons. The normalized spacial score (nSPS) is 10.2. The van der Waals surface area contributed by atoms with E-state index in [9.17, 15) is 4.79 Å². The number of ether oxygens (including phenoxy) is 1. The highest BCUT2D eigenvalue weighted by Crippen LogP contribution is 2.13. The molecule has 0 radical (unpaired) electrons. The van der Waals surface area contributed by atoms with Crippen molar-refractivity contribution in [3.8, 4) is 0 Å². The molecule has 0 N–H and O–H groups in total. The van der Waals surface area contributed by atoms with E-state index in [0.717, 1.165) is 5.76 Å². The number of hydrogen-bond acceptors (Lipinski definition) is 3. The second kappa shape index (κ2) is 3.54. The summed E-state index contributed by atoms with van der Waals surface area (Å²) in [6.07, 6.45) is 0. The highest BCUT2D eigenvalue weighted by molar-refractivity contribution is 5.98. The van der Waals surface area contributed by atoms with Crippen molar-refractivity contribution in [3.05, 3.63) is 23.2 Å². The summed E-state index contributed by atoms with van der Waals surface area (Å²) in [6.45, 7) is 3.70. The Morgan fingerprint density at radius 2 is 2.25 bits per heavy atom. The minimum Gasteiger partial charge on any atom is -0.466 e. The molecule has 0 fully saturated rings. The number of furan rings is 1. The average Bonchev–Trinajstić information content (AvgIpc) is 2.30. The zero-order chi connectivity index (χ0) is 9.14. The Kier molecular flexibility index (Phi) is 2.65. The molecule has 0 atom stereocenters. The fourth-order valence-electron chi connectivity index (χ4n) is 1.12. The predicted molar refractivity (Wildman–Crippen MR) is 44.4 cm³/mol. The number of rotatable bonds is 3. The summed E-state index contributed by atoms with van der Waals surface area (Å²) in [5, 5.41) is 0. The third kappa shape index (κ3) is 1.74. The SMILES string of the molecule is COCC(=O)c1cc(C)oc1C. The number of ketones is 1. The number of aryl methyl sites for hydroxylation is 2. The molecule has 1 rings (SSSR count). The summed E-state index contributed by atoms with van der Waals surface area (Å²) in [6, 6.07) is 1.73. The molecule has 1 heterocycles. The molecule has 3 nitrogen and oxygen atoms in total. The molecule has 0 saturated heterocycles. The van der Waals surface area contributed by atoms with Gasteiger partial charge in [0.25, 0.3) is 0 Å². The van der Waals surface area contributed by atoms with Crippen molar-refractivity contribution in [2.45, 2.75) is 13.8 Å². The van der Waals surface area contributed by atoms with E-state index in [1.54, 1.807) is 13.0 Å². The van der Waals surface area contributed by atoms with Gasteiger partial charge in [0.05, 0.1) is 5.56 Å². The van der Waals surface area contributed by atoms with Crippen LogP contribution >= 0.6 is 0 Å². The Morgan fingerprint density at radius 3 is 2.67 bits per heavy atom. The topological polar surface area (TPSA) is 39.4 Å². The Labute approximate surface area is 71.3 Å². The number of Topliss-reactive ketones (excluding diaryl/α,β-unsaturated/α-hetero) is 1. The van der Waals surface area contributed by atoms with Crippen LogP contribution in [-0.4, -0.2) is 19.5 Å². The molecule has 0 spiro atoms. The molecule has 0 bridgehead atoms. The smallest absolute Gasteiger partial charge is 0.191 e. The molecule has 0 amide bonds. The van der Waals surface area contributed by atoms with E-state index in [1.807, 2.05) is 6.92 Å². The summed E-state index contributed by atoms with van der Waals surface area (Å²) in [7, 11) is 1.50. The first-order valence-corrected chi connectivity index (χ1v) is 3.74. The van der Waals surface area contributed by atoms with Gasteiger partial charge in [-0.05, 0) is 19.9 Å². The Balaban J connectivity index is 2.87. The van der Waals surface area contributed by atoms with Crippen LogP contribution in [0.5, 0.6) is 0 Å². The molecule has 3 heteroatoms. The van der Waals surface area contributed by atoms with Gasteiger partial charge >= 0.3 is 0 Å². The van der Waals surface area contributed by atoms with Gasteiger partial charge in [-0.25, -0.2) is 0 Å². The standard InChI is InChI=1S/C9H12O3/c1-6-4-8(7(2)12-6)9(10)5-11-3/h4H,5H2,1-3H3. The maximum atomic E-state index is 11.3. The maximum absolute atomic E-state index is 11.3. The first-order valence-electron chi connectivity index (χ1n) is 3.74. The van der Waals surface area contributed by atoms with E-state index in [2.05, 4.69) is 0 Å². The van der Waals surface area contributed by atoms with Gasteiger partial charge in [0.2, 0.25) is 0 Å². The lowest BCUT2D eigenvalue weighted by molar-refractivity contribution is 0.0846. The van der Waals surface area contributed by atoms with E-state index in [0.29, 0.717) is 11.3 Å². The third-order valence-corrected chi connectivity index (χ3v) is 1.62. The van der Waals surface area contributed by atoms with Gasteiger partial charge in [0, 0.05) is 7.11 Å².